The smallest absolute Gasteiger partial charge is 0.307 e. The van der Waals surface area contributed by atoms with Crippen LogP contribution in [0.3, 0.4) is 0 Å². The lowest BCUT2D eigenvalue weighted by atomic mass is 9.71. The molecule has 1 aromatic rings. The Morgan fingerprint density at radius 2 is 1.67 bits per heavy atom. The van der Waals surface area contributed by atoms with Crippen molar-refractivity contribution in [3.05, 3.63) is 34.9 Å². The highest BCUT2D eigenvalue weighted by Crippen LogP contribution is 2.58. The molecular weight excluding hydrogens is 268 g/mol. The van der Waals surface area contributed by atoms with Gasteiger partial charge in [0.1, 0.15) is 0 Å². The number of carboxylic acids is 2. The number of benzene rings is 1. The number of aliphatic carboxylic acids is 2. The number of carbonyl (C=O) groups is 2. The molecule has 2 aliphatic carbocycles. The van der Waals surface area contributed by atoms with Gasteiger partial charge in [0.05, 0.1) is 11.8 Å². The van der Waals surface area contributed by atoms with Crippen molar-refractivity contribution in [1.82, 2.24) is 0 Å². The normalized spacial score (nSPS) is 34.1. The van der Waals surface area contributed by atoms with Crippen molar-refractivity contribution in [3.63, 3.8) is 0 Å². The van der Waals surface area contributed by atoms with Crippen LogP contribution >= 0.6 is 0 Å². The summed E-state index contributed by atoms with van der Waals surface area (Å²) in [7, 11) is 0. The fourth-order valence-corrected chi connectivity index (χ4v) is 4.43. The van der Waals surface area contributed by atoms with Gasteiger partial charge in [0.25, 0.3) is 0 Å². The van der Waals surface area contributed by atoms with E-state index < -0.39 is 23.8 Å². The predicted molar refractivity (Wildman–Crippen MR) is 77.1 cm³/mol. The molecule has 1 aromatic carbocycles. The zero-order valence-electron chi connectivity index (χ0n) is 12.2. The summed E-state index contributed by atoms with van der Waals surface area (Å²) in [6, 6.07) is 6.28. The minimum Gasteiger partial charge on any atom is -0.481 e. The molecule has 2 bridgehead atoms. The van der Waals surface area contributed by atoms with Crippen LogP contribution in [0.25, 0.3) is 0 Å². The average molecular weight is 288 g/mol. The van der Waals surface area contributed by atoms with Crippen molar-refractivity contribution in [2.75, 3.05) is 0 Å². The third-order valence-electron chi connectivity index (χ3n) is 5.53. The van der Waals surface area contributed by atoms with E-state index in [0.717, 1.165) is 12.8 Å². The predicted octanol–water partition coefficient (Wildman–Crippen LogP) is 2.83. The van der Waals surface area contributed by atoms with Crippen LogP contribution in [0.2, 0.25) is 0 Å². The van der Waals surface area contributed by atoms with Crippen molar-refractivity contribution in [3.8, 4) is 0 Å². The van der Waals surface area contributed by atoms with Crippen LogP contribution in [0.5, 0.6) is 0 Å². The van der Waals surface area contributed by atoms with Crippen molar-refractivity contribution >= 4 is 11.9 Å². The Morgan fingerprint density at radius 3 is 2.24 bits per heavy atom. The SMILES string of the molecule is Cc1ccc([C@@H]2C[C@H]3C[C@H]2[C@@H](C(=O)O)[C@@H]3C(=O)O)cc1C. The van der Waals surface area contributed by atoms with Crippen molar-refractivity contribution in [2.24, 2.45) is 23.7 Å². The number of hydrogen-bond acceptors (Lipinski definition) is 2. The summed E-state index contributed by atoms with van der Waals surface area (Å²) in [5.74, 6) is -3.22. The Labute approximate surface area is 123 Å². The summed E-state index contributed by atoms with van der Waals surface area (Å²) < 4.78 is 0. The highest BCUT2D eigenvalue weighted by atomic mass is 16.4. The highest BCUT2D eigenvalue weighted by molar-refractivity contribution is 5.82. The Bertz CT molecular complexity index is 607. The van der Waals surface area contributed by atoms with E-state index in [2.05, 4.69) is 32.0 Å². The lowest BCUT2D eigenvalue weighted by molar-refractivity contribution is -0.156. The quantitative estimate of drug-likeness (QED) is 0.897. The lowest BCUT2D eigenvalue weighted by Gasteiger charge is -2.31. The fraction of sp³-hybridized carbons (Fsp3) is 0.529. The topological polar surface area (TPSA) is 74.6 Å². The van der Waals surface area contributed by atoms with E-state index in [1.54, 1.807) is 0 Å². The molecule has 0 amide bonds. The third kappa shape index (κ3) is 2.13. The third-order valence-corrected chi connectivity index (χ3v) is 5.53. The molecule has 2 saturated carbocycles. The molecule has 4 heteroatoms. The Kier molecular flexibility index (Phi) is 3.27. The summed E-state index contributed by atoms with van der Waals surface area (Å²) in [4.78, 5) is 22.9. The van der Waals surface area contributed by atoms with Crippen molar-refractivity contribution in [1.29, 1.82) is 0 Å². The molecule has 112 valence electrons. The zero-order valence-corrected chi connectivity index (χ0v) is 12.2. The standard InChI is InChI=1S/C17H20O4/c1-8-3-4-10(5-9(8)2)12-6-11-7-13(12)15(17(20)21)14(11)16(18)19/h3-5,11-15H,6-7H2,1-2H3,(H,18,19)(H,20,21)/t11-,12-,13+,14+,15+/m0/s1. The first-order valence-electron chi connectivity index (χ1n) is 7.43. The number of carboxylic acid groups (broad SMARTS) is 2. The lowest BCUT2D eigenvalue weighted by Crippen LogP contribution is -2.37. The van der Waals surface area contributed by atoms with Crippen LogP contribution in [-0.4, -0.2) is 22.2 Å². The van der Waals surface area contributed by atoms with Crippen LogP contribution in [0.15, 0.2) is 18.2 Å². The highest BCUT2D eigenvalue weighted by Gasteiger charge is 2.58. The van der Waals surface area contributed by atoms with E-state index >= 15 is 0 Å². The Balaban J connectivity index is 1.93. The van der Waals surface area contributed by atoms with Crippen LogP contribution < -0.4 is 0 Å². The molecule has 3 rings (SSSR count). The van der Waals surface area contributed by atoms with E-state index in [9.17, 15) is 19.8 Å². The molecule has 0 spiro atoms. The zero-order chi connectivity index (χ0) is 15.3. The van der Waals surface area contributed by atoms with Crippen LogP contribution in [-0.2, 0) is 9.59 Å². The van der Waals surface area contributed by atoms with E-state index in [-0.39, 0.29) is 17.8 Å². The molecule has 2 N–H and O–H groups in total. The minimum absolute atomic E-state index is 0.000194. The molecule has 0 heterocycles. The van der Waals surface area contributed by atoms with Crippen molar-refractivity contribution in [2.45, 2.75) is 32.6 Å². The molecule has 0 aromatic heterocycles. The molecule has 5 atom stereocenters. The van der Waals surface area contributed by atoms with Crippen molar-refractivity contribution < 1.29 is 19.8 Å². The summed E-state index contributed by atoms with van der Waals surface area (Å²) in [6.07, 6.45) is 1.53. The second kappa shape index (κ2) is 4.86. The van der Waals surface area contributed by atoms with Crippen LogP contribution in [0, 0.1) is 37.5 Å². The summed E-state index contributed by atoms with van der Waals surface area (Å²) in [6.45, 7) is 4.11. The van der Waals surface area contributed by atoms with E-state index in [4.69, 9.17) is 0 Å². The first-order chi connectivity index (χ1) is 9.90. The number of hydrogen-bond donors (Lipinski definition) is 2. The molecule has 21 heavy (non-hydrogen) atoms. The number of fused-ring (bicyclic) bond motifs is 2. The number of aryl methyl sites for hydroxylation is 2. The minimum atomic E-state index is -0.955. The molecule has 4 nitrogen and oxygen atoms in total. The summed E-state index contributed by atoms with van der Waals surface area (Å²) in [5, 5.41) is 18.8. The molecular formula is C17H20O4. The summed E-state index contributed by atoms with van der Waals surface area (Å²) in [5.41, 5.74) is 3.60. The maximum atomic E-state index is 11.5. The Hall–Kier alpha value is -1.84. The number of rotatable bonds is 3. The molecule has 2 fully saturated rings. The molecule has 0 saturated heterocycles. The maximum absolute atomic E-state index is 11.5. The van der Waals surface area contributed by atoms with Crippen LogP contribution in [0.4, 0.5) is 0 Å². The molecule has 0 unspecified atom stereocenters. The van der Waals surface area contributed by atoms with Gasteiger partial charge in [0.2, 0.25) is 0 Å². The first kappa shape index (κ1) is 14.1. The van der Waals surface area contributed by atoms with Gasteiger partial charge >= 0.3 is 11.9 Å². The van der Waals surface area contributed by atoms with Gasteiger partial charge in [-0.3, -0.25) is 9.59 Å². The first-order valence-corrected chi connectivity index (χ1v) is 7.43. The van der Waals surface area contributed by atoms with Gasteiger partial charge in [-0.25, -0.2) is 0 Å². The summed E-state index contributed by atoms with van der Waals surface area (Å²) >= 11 is 0. The second-order valence-electron chi connectivity index (χ2n) is 6.57. The van der Waals surface area contributed by atoms with Gasteiger partial charge in [-0.2, -0.15) is 0 Å². The van der Waals surface area contributed by atoms with Crippen LogP contribution in [0.1, 0.15) is 35.4 Å². The molecule has 0 aliphatic heterocycles. The van der Waals surface area contributed by atoms with E-state index in [1.165, 1.54) is 16.7 Å². The van der Waals surface area contributed by atoms with Gasteiger partial charge in [-0.1, -0.05) is 18.2 Å². The van der Waals surface area contributed by atoms with E-state index in [1.807, 2.05) is 0 Å². The van der Waals surface area contributed by atoms with Gasteiger partial charge in [-0.05, 0) is 61.1 Å². The van der Waals surface area contributed by atoms with Gasteiger partial charge in [0.15, 0.2) is 0 Å². The van der Waals surface area contributed by atoms with Gasteiger partial charge < -0.3 is 10.2 Å². The van der Waals surface area contributed by atoms with Gasteiger partial charge in [0, 0.05) is 0 Å². The monoisotopic (exact) mass is 288 g/mol. The fourth-order valence-electron chi connectivity index (χ4n) is 4.43. The Morgan fingerprint density at radius 1 is 1.00 bits per heavy atom. The average Bonchev–Trinajstić information content (AvgIpc) is 2.99. The molecule has 2 aliphatic rings. The maximum Gasteiger partial charge on any atom is 0.307 e. The second-order valence-corrected chi connectivity index (χ2v) is 6.57. The largest absolute Gasteiger partial charge is 0.481 e. The van der Waals surface area contributed by atoms with E-state index in [0.29, 0.717) is 0 Å². The van der Waals surface area contributed by atoms with Gasteiger partial charge in [-0.15, -0.1) is 0 Å². The molecule has 0 radical (unpaired) electrons.